The fourth-order valence-corrected chi connectivity index (χ4v) is 2.45. The van der Waals surface area contributed by atoms with Gasteiger partial charge in [0.1, 0.15) is 0 Å². The summed E-state index contributed by atoms with van der Waals surface area (Å²) in [6, 6.07) is 3.13. The first kappa shape index (κ1) is 17.1. The van der Waals surface area contributed by atoms with Crippen LogP contribution in [0.5, 0.6) is 0 Å². The maximum atomic E-state index is 11.9. The smallest absolute Gasteiger partial charge is 0.238 e. The number of rotatable bonds is 7. The highest BCUT2D eigenvalue weighted by Gasteiger charge is 2.12. The van der Waals surface area contributed by atoms with Crippen LogP contribution in [0, 0.1) is 0 Å². The molecule has 0 aliphatic heterocycles. The van der Waals surface area contributed by atoms with Gasteiger partial charge < -0.3 is 11.1 Å². The third-order valence-corrected chi connectivity index (χ3v) is 3.48. The number of carbonyl (C=O) groups is 1. The average molecular weight is 318 g/mol. The zero-order valence-corrected chi connectivity index (χ0v) is 13.4. The van der Waals surface area contributed by atoms with Gasteiger partial charge in [0.05, 0.1) is 22.3 Å². The Balaban J connectivity index is 2.54. The molecule has 0 aliphatic carbocycles. The number of halogens is 2. The number of hydrogen-bond acceptors (Lipinski definition) is 3. The summed E-state index contributed by atoms with van der Waals surface area (Å²) in [5.41, 5.74) is 6.50. The predicted octanol–water partition coefficient (Wildman–Crippen LogP) is 3.64. The van der Waals surface area contributed by atoms with Crippen LogP contribution in [0.3, 0.4) is 0 Å². The Morgan fingerprint density at radius 3 is 2.45 bits per heavy atom. The summed E-state index contributed by atoms with van der Waals surface area (Å²) in [4.78, 5) is 13.9. The van der Waals surface area contributed by atoms with Gasteiger partial charge in [-0.15, -0.1) is 0 Å². The van der Waals surface area contributed by atoms with E-state index in [1.807, 2.05) is 11.9 Å². The Morgan fingerprint density at radius 1 is 1.30 bits per heavy atom. The number of unbranched alkanes of at least 4 members (excludes halogenated alkanes) is 2. The molecule has 4 nitrogen and oxygen atoms in total. The van der Waals surface area contributed by atoms with E-state index in [9.17, 15) is 4.79 Å². The third-order valence-electron chi connectivity index (χ3n) is 2.89. The van der Waals surface area contributed by atoms with Gasteiger partial charge in [-0.1, -0.05) is 43.0 Å². The normalized spacial score (nSPS) is 10.8. The number of carbonyl (C=O) groups excluding carboxylic acids is 1. The summed E-state index contributed by atoms with van der Waals surface area (Å²) < 4.78 is 0. The first-order valence-corrected chi connectivity index (χ1v) is 7.42. The molecule has 0 fully saturated rings. The molecule has 0 heterocycles. The van der Waals surface area contributed by atoms with Crippen molar-refractivity contribution in [2.45, 2.75) is 26.2 Å². The Bertz CT molecular complexity index is 443. The standard InChI is InChI=1S/C14H21Cl2N3O/c1-3-4-5-6-19(2)9-13(20)18-14-11(15)7-10(17)8-12(14)16/h7-8H,3-6,9,17H2,1-2H3,(H,18,20). The SMILES string of the molecule is CCCCCN(C)CC(=O)Nc1c(Cl)cc(N)cc1Cl. The minimum Gasteiger partial charge on any atom is -0.399 e. The van der Waals surface area contributed by atoms with Gasteiger partial charge in [-0.05, 0) is 32.1 Å². The van der Waals surface area contributed by atoms with Crippen molar-refractivity contribution in [1.29, 1.82) is 0 Å². The van der Waals surface area contributed by atoms with E-state index >= 15 is 0 Å². The number of likely N-dealkylation sites (N-methyl/N-ethyl adjacent to an activating group) is 1. The van der Waals surface area contributed by atoms with Crippen molar-refractivity contribution < 1.29 is 4.79 Å². The van der Waals surface area contributed by atoms with E-state index < -0.39 is 0 Å². The average Bonchev–Trinajstić information content (AvgIpc) is 2.34. The molecule has 1 aromatic rings. The number of nitrogens with zero attached hydrogens (tertiary/aromatic N) is 1. The van der Waals surface area contributed by atoms with Gasteiger partial charge in [0.25, 0.3) is 0 Å². The van der Waals surface area contributed by atoms with E-state index in [0.717, 1.165) is 19.4 Å². The molecule has 3 N–H and O–H groups in total. The van der Waals surface area contributed by atoms with Crippen molar-refractivity contribution in [3.63, 3.8) is 0 Å². The molecule has 0 atom stereocenters. The van der Waals surface area contributed by atoms with Crippen molar-refractivity contribution in [1.82, 2.24) is 4.90 Å². The number of nitrogens with one attached hydrogen (secondary N) is 1. The van der Waals surface area contributed by atoms with Crippen LogP contribution in [-0.4, -0.2) is 30.9 Å². The second-order valence-electron chi connectivity index (χ2n) is 4.85. The van der Waals surface area contributed by atoms with Crippen molar-refractivity contribution >= 4 is 40.5 Å². The lowest BCUT2D eigenvalue weighted by molar-refractivity contribution is -0.117. The molecular formula is C14H21Cl2N3O. The molecular weight excluding hydrogens is 297 g/mol. The van der Waals surface area contributed by atoms with Crippen molar-refractivity contribution in [2.24, 2.45) is 0 Å². The van der Waals surface area contributed by atoms with Crippen LogP contribution in [0.4, 0.5) is 11.4 Å². The first-order valence-electron chi connectivity index (χ1n) is 6.67. The van der Waals surface area contributed by atoms with Crippen LogP contribution >= 0.6 is 23.2 Å². The lowest BCUT2D eigenvalue weighted by Crippen LogP contribution is -2.31. The molecule has 0 aromatic heterocycles. The number of hydrogen-bond donors (Lipinski definition) is 2. The molecule has 0 radical (unpaired) electrons. The van der Waals surface area contributed by atoms with Crippen LogP contribution in [0.15, 0.2) is 12.1 Å². The molecule has 0 spiro atoms. The summed E-state index contributed by atoms with van der Waals surface area (Å²) in [6.45, 7) is 3.35. The first-order chi connectivity index (χ1) is 9.43. The Morgan fingerprint density at radius 2 is 1.90 bits per heavy atom. The summed E-state index contributed by atoms with van der Waals surface area (Å²) >= 11 is 12.1. The lowest BCUT2D eigenvalue weighted by Gasteiger charge is -2.17. The maximum Gasteiger partial charge on any atom is 0.238 e. The highest BCUT2D eigenvalue weighted by atomic mass is 35.5. The minimum atomic E-state index is -0.141. The van der Waals surface area contributed by atoms with Gasteiger partial charge in [-0.3, -0.25) is 9.69 Å². The van der Waals surface area contributed by atoms with E-state index in [2.05, 4.69) is 12.2 Å². The summed E-state index contributed by atoms with van der Waals surface area (Å²) in [7, 11) is 1.92. The Hall–Kier alpha value is -0.970. The highest BCUT2D eigenvalue weighted by Crippen LogP contribution is 2.32. The number of amides is 1. The van der Waals surface area contributed by atoms with Crippen molar-refractivity contribution in [2.75, 3.05) is 31.2 Å². The number of anilines is 2. The summed E-state index contributed by atoms with van der Waals surface area (Å²) in [5.74, 6) is -0.141. The van der Waals surface area contributed by atoms with E-state index in [-0.39, 0.29) is 5.91 Å². The molecule has 1 aromatic carbocycles. The van der Waals surface area contributed by atoms with Gasteiger partial charge in [0.15, 0.2) is 0 Å². The lowest BCUT2D eigenvalue weighted by atomic mass is 10.2. The van der Waals surface area contributed by atoms with Crippen LogP contribution in [0.1, 0.15) is 26.2 Å². The molecule has 0 saturated heterocycles. The molecule has 1 amide bonds. The molecule has 0 unspecified atom stereocenters. The van der Waals surface area contributed by atoms with Crippen molar-refractivity contribution in [3.05, 3.63) is 22.2 Å². The molecule has 6 heteroatoms. The van der Waals surface area contributed by atoms with E-state index in [1.54, 1.807) is 12.1 Å². The zero-order chi connectivity index (χ0) is 15.1. The molecule has 20 heavy (non-hydrogen) atoms. The van der Waals surface area contributed by atoms with E-state index in [0.29, 0.717) is 28.0 Å². The predicted molar refractivity (Wildman–Crippen MR) is 86.5 cm³/mol. The zero-order valence-electron chi connectivity index (χ0n) is 11.9. The second-order valence-corrected chi connectivity index (χ2v) is 5.67. The van der Waals surface area contributed by atoms with Crippen LogP contribution in [0.2, 0.25) is 10.0 Å². The fourth-order valence-electron chi connectivity index (χ4n) is 1.85. The molecule has 1 rings (SSSR count). The maximum absolute atomic E-state index is 11.9. The van der Waals surface area contributed by atoms with Crippen LogP contribution in [-0.2, 0) is 4.79 Å². The van der Waals surface area contributed by atoms with Crippen LogP contribution < -0.4 is 11.1 Å². The van der Waals surface area contributed by atoms with Crippen LogP contribution in [0.25, 0.3) is 0 Å². The molecule has 112 valence electrons. The monoisotopic (exact) mass is 317 g/mol. The van der Waals surface area contributed by atoms with E-state index in [4.69, 9.17) is 28.9 Å². The molecule has 0 bridgehead atoms. The number of nitrogens with two attached hydrogens (primary N) is 1. The Labute approximate surface area is 130 Å². The molecule has 0 aliphatic rings. The summed E-state index contributed by atoms with van der Waals surface area (Å²) in [5, 5.41) is 3.42. The van der Waals surface area contributed by atoms with Gasteiger partial charge in [-0.2, -0.15) is 0 Å². The van der Waals surface area contributed by atoms with Gasteiger partial charge in [-0.25, -0.2) is 0 Å². The van der Waals surface area contributed by atoms with Gasteiger partial charge in [0, 0.05) is 5.69 Å². The highest BCUT2D eigenvalue weighted by molar-refractivity contribution is 6.40. The molecule has 0 saturated carbocycles. The minimum absolute atomic E-state index is 0.141. The summed E-state index contributed by atoms with van der Waals surface area (Å²) in [6.07, 6.45) is 3.42. The number of nitrogen functional groups attached to an aromatic ring is 1. The quantitative estimate of drug-likeness (QED) is 0.596. The number of benzene rings is 1. The fraction of sp³-hybridized carbons (Fsp3) is 0.500. The van der Waals surface area contributed by atoms with Gasteiger partial charge in [0.2, 0.25) is 5.91 Å². The Kier molecular flexibility index (Phi) is 7.13. The van der Waals surface area contributed by atoms with Gasteiger partial charge >= 0.3 is 0 Å². The second kappa shape index (κ2) is 8.35. The topological polar surface area (TPSA) is 58.4 Å². The third kappa shape index (κ3) is 5.57. The van der Waals surface area contributed by atoms with Crippen molar-refractivity contribution in [3.8, 4) is 0 Å². The largest absolute Gasteiger partial charge is 0.399 e. The van der Waals surface area contributed by atoms with E-state index in [1.165, 1.54) is 6.42 Å².